The molecule has 2 amide bonds. The predicted molar refractivity (Wildman–Crippen MR) is 113 cm³/mol. The van der Waals surface area contributed by atoms with Gasteiger partial charge in [0.2, 0.25) is 11.8 Å². The van der Waals surface area contributed by atoms with Gasteiger partial charge in [-0.1, -0.05) is 18.2 Å². The molecule has 2 heterocycles. The number of carbonyl (C=O) groups excluding carboxylic acids is 2. The van der Waals surface area contributed by atoms with Gasteiger partial charge in [0.15, 0.2) is 11.5 Å². The number of nitrogens with one attached hydrogen (secondary N) is 2. The van der Waals surface area contributed by atoms with Crippen LogP contribution in [0.2, 0.25) is 0 Å². The summed E-state index contributed by atoms with van der Waals surface area (Å²) in [7, 11) is 0. The van der Waals surface area contributed by atoms with Crippen molar-refractivity contribution >= 4 is 17.5 Å². The highest BCUT2D eigenvalue weighted by Gasteiger charge is 2.11. The molecule has 4 aromatic rings. The van der Waals surface area contributed by atoms with E-state index in [-0.39, 0.29) is 37.3 Å². The average molecular weight is 434 g/mol. The third-order valence-corrected chi connectivity index (χ3v) is 4.46. The molecule has 0 radical (unpaired) electrons. The summed E-state index contributed by atoms with van der Waals surface area (Å²) in [6, 6.07) is 17.8. The molecule has 4 rings (SSSR count). The number of aromatic nitrogens is 4. The molecule has 0 atom stereocenters. The van der Waals surface area contributed by atoms with E-state index in [2.05, 4.69) is 25.9 Å². The Hall–Kier alpha value is -4.34. The van der Waals surface area contributed by atoms with Crippen LogP contribution in [0.25, 0.3) is 17.0 Å². The van der Waals surface area contributed by atoms with Crippen LogP contribution in [0, 0.1) is 5.82 Å². The predicted octanol–water partition coefficient (Wildman–Crippen LogP) is 1.86. The fourth-order valence-electron chi connectivity index (χ4n) is 2.89. The van der Waals surface area contributed by atoms with Crippen LogP contribution in [-0.4, -0.2) is 51.3 Å². The Balaban J connectivity index is 1.27. The summed E-state index contributed by atoms with van der Waals surface area (Å²) >= 11 is 0. The first kappa shape index (κ1) is 20.9. The minimum Gasteiger partial charge on any atom is -0.475 e. The molecule has 9 nitrogen and oxygen atoms in total. The van der Waals surface area contributed by atoms with Crippen LogP contribution in [0.15, 0.2) is 66.7 Å². The summed E-state index contributed by atoms with van der Waals surface area (Å²) in [5, 5.41) is 17.7. The zero-order chi connectivity index (χ0) is 22.3. The Morgan fingerprint density at radius 3 is 2.50 bits per heavy atom. The zero-order valence-electron chi connectivity index (χ0n) is 16.9. The van der Waals surface area contributed by atoms with Crippen molar-refractivity contribution in [3.63, 3.8) is 0 Å². The van der Waals surface area contributed by atoms with Gasteiger partial charge < -0.3 is 15.4 Å². The van der Waals surface area contributed by atoms with E-state index in [9.17, 15) is 14.0 Å². The van der Waals surface area contributed by atoms with Crippen molar-refractivity contribution in [3.8, 4) is 17.3 Å². The highest BCUT2D eigenvalue weighted by molar-refractivity contribution is 5.96. The number of fused-ring (bicyclic) bond motifs is 1. The lowest BCUT2D eigenvalue weighted by Crippen LogP contribution is -2.38. The molecule has 2 N–H and O–H groups in total. The molecular weight excluding hydrogens is 415 g/mol. The summed E-state index contributed by atoms with van der Waals surface area (Å²) in [4.78, 5) is 23.9. The summed E-state index contributed by atoms with van der Waals surface area (Å²) in [6.45, 7) is 0.261. The molecule has 162 valence electrons. The van der Waals surface area contributed by atoms with E-state index in [0.717, 1.165) is 0 Å². The van der Waals surface area contributed by atoms with E-state index >= 15 is 0 Å². The smallest absolute Gasteiger partial charge is 0.251 e. The molecule has 0 spiro atoms. The minimum absolute atomic E-state index is 0.139. The van der Waals surface area contributed by atoms with Crippen LogP contribution < -0.4 is 15.4 Å². The number of amides is 2. The molecule has 0 unspecified atom stereocenters. The number of hydrogen-bond acceptors (Lipinski definition) is 6. The largest absolute Gasteiger partial charge is 0.475 e. The van der Waals surface area contributed by atoms with Crippen molar-refractivity contribution in [1.82, 2.24) is 30.4 Å². The van der Waals surface area contributed by atoms with Crippen molar-refractivity contribution in [1.29, 1.82) is 0 Å². The van der Waals surface area contributed by atoms with Crippen molar-refractivity contribution in [2.24, 2.45) is 0 Å². The SMILES string of the molecule is O=C(CNC(=O)c1ccccc1)NCCOc1ccc2nnc(-c3ccc(F)cc3)n2n1. The highest BCUT2D eigenvalue weighted by Crippen LogP contribution is 2.19. The van der Waals surface area contributed by atoms with Gasteiger partial charge in [-0.2, -0.15) is 4.52 Å². The lowest BCUT2D eigenvalue weighted by atomic mass is 10.2. The number of halogens is 1. The number of carbonyl (C=O) groups is 2. The van der Waals surface area contributed by atoms with Crippen LogP contribution in [-0.2, 0) is 4.79 Å². The first-order chi connectivity index (χ1) is 15.6. The van der Waals surface area contributed by atoms with Gasteiger partial charge in [-0.05, 0) is 42.5 Å². The number of ether oxygens (including phenoxy) is 1. The van der Waals surface area contributed by atoms with Crippen molar-refractivity contribution in [2.45, 2.75) is 0 Å². The maximum Gasteiger partial charge on any atom is 0.251 e. The van der Waals surface area contributed by atoms with Crippen LogP contribution in [0.3, 0.4) is 0 Å². The minimum atomic E-state index is -0.346. The first-order valence-electron chi connectivity index (χ1n) is 9.81. The van der Waals surface area contributed by atoms with Crippen molar-refractivity contribution in [3.05, 3.63) is 78.1 Å². The molecule has 0 bridgehead atoms. The van der Waals surface area contributed by atoms with Crippen molar-refractivity contribution < 1.29 is 18.7 Å². The Morgan fingerprint density at radius 2 is 1.72 bits per heavy atom. The maximum absolute atomic E-state index is 13.2. The summed E-state index contributed by atoms with van der Waals surface area (Å²) < 4.78 is 20.3. The number of hydrogen-bond donors (Lipinski definition) is 2. The van der Waals surface area contributed by atoms with E-state index in [1.807, 2.05) is 6.07 Å². The van der Waals surface area contributed by atoms with Gasteiger partial charge in [-0.15, -0.1) is 15.3 Å². The second-order valence-electron chi connectivity index (χ2n) is 6.72. The van der Waals surface area contributed by atoms with Gasteiger partial charge >= 0.3 is 0 Å². The Morgan fingerprint density at radius 1 is 0.938 bits per heavy atom. The molecule has 0 saturated carbocycles. The molecule has 0 saturated heterocycles. The third kappa shape index (κ3) is 5.04. The van der Waals surface area contributed by atoms with Gasteiger partial charge in [0, 0.05) is 17.2 Å². The Bertz CT molecular complexity index is 1230. The molecule has 2 aromatic heterocycles. The first-order valence-corrected chi connectivity index (χ1v) is 9.81. The monoisotopic (exact) mass is 434 g/mol. The van der Waals surface area contributed by atoms with Gasteiger partial charge in [-0.25, -0.2) is 4.39 Å². The lowest BCUT2D eigenvalue weighted by Gasteiger charge is -2.08. The normalized spacial score (nSPS) is 10.7. The second kappa shape index (κ2) is 9.65. The van der Waals surface area contributed by atoms with Crippen molar-refractivity contribution in [2.75, 3.05) is 19.7 Å². The Labute approximate surface area is 182 Å². The van der Waals surface area contributed by atoms with Gasteiger partial charge in [-0.3, -0.25) is 9.59 Å². The summed E-state index contributed by atoms with van der Waals surface area (Å²) in [5.41, 5.74) is 1.66. The van der Waals surface area contributed by atoms with Gasteiger partial charge in [0.1, 0.15) is 12.4 Å². The van der Waals surface area contributed by atoms with E-state index in [1.165, 1.54) is 16.6 Å². The van der Waals surface area contributed by atoms with E-state index in [0.29, 0.717) is 28.5 Å². The quantitative estimate of drug-likeness (QED) is 0.410. The molecule has 0 aliphatic rings. The fraction of sp³-hybridized carbons (Fsp3) is 0.136. The molecular formula is C22H19FN6O3. The van der Waals surface area contributed by atoms with Crippen LogP contribution in [0.1, 0.15) is 10.4 Å². The van der Waals surface area contributed by atoms with Gasteiger partial charge in [0.25, 0.3) is 5.91 Å². The van der Waals surface area contributed by atoms with Crippen LogP contribution in [0.4, 0.5) is 4.39 Å². The topological polar surface area (TPSA) is 111 Å². The third-order valence-electron chi connectivity index (χ3n) is 4.46. The average Bonchev–Trinajstić information content (AvgIpc) is 3.24. The van der Waals surface area contributed by atoms with Gasteiger partial charge in [0.05, 0.1) is 13.1 Å². The zero-order valence-corrected chi connectivity index (χ0v) is 16.9. The standard InChI is InChI=1S/C22H19FN6O3/c23-17-8-6-15(7-9-17)21-27-26-18-10-11-20(28-29(18)21)32-13-12-24-19(30)14-25-22(31)16-4-2-1-3-5-16/h1-11H,12-14H2,(H,24,30)(H,25,31). The summed E-state index contributed by atoms with van der Waals surface area (Å²) in [6.07, 6.45) is 0. The number of nitrogens with zero attached hydrogens (tertiary/aromatic N) is 4. The molecule has 2 aromatic carbocycles. The van der Waals surface area contributed by atoms with E-state index < -0.39 is 0 Å². The van der Waals surface area contributed by atoms with Crippen LogP contribution >= 0.6 is 0 Å². The number of rotatable bonds is 8. The fourth-order valence-corrected chi connectivity index (χ4v) is 2.89. The van der Waals surface area contributed by atoms with Crippen LogP contribution in [0.5, 0.6) is 5.88 Å². The molecule has 0 aliphatic heterocycles. The number of benzene rings is 2. The molecule has 10 heteroatoms. The lowest BCUT2D eigenvalue weighted by molar-refractivity contribution is -0.120. The molecule has 32 heavy (non-hydrogen) atoms. The van der Waals surface area contributed by atoms with E-state index in [1.54, 1.807) is 48.5 Å². The highest BCUT2D eigenvalue weighted by atomic mass is 19.1. The second-order valence-corrected chi connectivity index (χ2v) is 6.72. The molecule has 0 aliphatic carbocycles. The van der Waals surface area contributed by atoms with E-state index in [4.69, 9.17) is 4.74 Å². The maximum atomic E-state index is 13.2. The Kier molecular flexibility index (Phi) is 6.30. The summed E-state index contributed by atoms with van der Waals surface area (Å²) in [5.74, 6) is -0.236. The molecule has 0 fully saturated rings.